The largest absolute Gasteiger partial charge is 0.465 e. The van der Waals surface area contributed by atoms with Crippen molar-refractivity contribution in [2.75, 3.05) is 13.2 Å². The van der Waals surface area contributed by atoms with Crippen molar-refractivity contribution in [3.05, 3.63) is 48.0 Å². The molecule has 2 fully saturated rings. The van der Waals surface area contributed by atoms with E-state index in [0.29, 0.717) is 13.2 Å². The third kappa shape index (κ3) is 2.41. The Kier molecular flexibility index (Phi) is 3.91. The fraction of sp³-hybridized carbons (Fsp3) is 0.500. The van der Waals surface area contributed by atoms with Crippen LogP contribution in [0.15, 0.2) is 42.5 Å². The van der Waals surface area contributed by atoms with Crippen molar-refractivity contribution in [1.29, 1.82) is 0 Å². The van der Waals surface area contributed by atoms with Crippen LogP contribution in [0.5, 0.6) is 0 Å². The highest BCUT2D eigenvalue weighted by molar-refractivity contribution is 5.91. The molecule has 1 aromatic carbocycles. The van der Waals surface area contributed by atoms with Crippen LogP contribution in [0.3, 0.4) is 0 Å². The van der Waals surface area contributed by atoms with Crippen LogP contribution in [-0.2, 0) is 19.1 Å². The highest BCUT2D eigenvalue weighted by atomic mass is 16.6. The van der Waals surface area contributed by atoms with E-state index in [2.05, 4.69) is 0 Å². The molecule has 0 unspecified atom stereocenters. The fourth-order valence-corrected chi connectivity index (χ4v) is 4.34. The van der Waals surface area contributed by atoms with Crippen LogP contribution in [0.4, 0.5) is 0 Å². The number of fused-ring (bicyclic) bond motifs is 1. The zero-order chi connectivity index (χ0) is 17.6. The lowest BCUT2D eigenvalue weighted by atomic mass is 9.77. The number of hydrogen-bond donors (Lipinski definition) is 0. The van der Waals surface area contributed by atoms with E-state index in [1.807, 2.05) is 61.2 Å². The summed E-state index contributed by atoms with van der Waals surface area (Å²) >= 11 is 0. The number of hydrogen-bond acceptors (Lipinski definition) is 4. The van der Waals surface area contributed by atoms with Crippen LogP contribution in [0.1, 0.15) is 31.9 Å². The Morgan fingerprint density at radius 3 is 2.88 bits per heavy atom. The molecule has 5 atom stereocenters. The Bertz CT molecular complexity index is 716. The van der Waals surface area contributed by atoms with E-state index in [1.54, 1.807) is 0 Å². The van der Waals surface area contributed by atoms with Crippen LogP contribution in [-0.4, -0.2) is 41.6 Å². The molecule has 0 aliphatic carbocycles. The van der Waals surface area contributed by atoms with Gasteiger partial charge in [0.25, 0.3) is 0 Å². The van der Waals surface area contributed by atoms with Crippen molar-refractivity contribution < 1.29 is 19.1 Å². The van der Waals surface area contributed by atoms with Crippen LogP contribution in [0.2, 0.25) is 0 Å². The van der Waals surface area contributed by atoms with Gasteiger partial charge in [0.2, 0.25) is 5.91 Å². The predicted molar refractivity (Wildman–Crippen MR) is 91.5 cm³/mol. The molecule has 3 aliphatic heterocycles. The lowest BCUT2D eigenvalue weighted by molar-refractivity contribution is -0.154. The molecule has 0 aromatic heterocycles. The summed E-state index contributed by atoms with van der Waals surface area (Å²) in [5, 5.41) is 0. The van der Waals surface area contributed by atoms with Crippen molar-refractivity contribution in [3.8, 4) is 0 Å². The SMILES string of the molecule is CCCOC(=O)[C@H]1[C@@H]2C=C[C@@]3(CN([C@H](C)c4ccccc4)C(=O)[C@H]13)O2. The standard InChI is InChI=1S/C20H23NO4/c1-3-11-24-19(23)16-15-9-10-20(25-15)12-21(18(22)17(16)20)13(2)14-7-5-4-6-8-14/h4-10,13,15-17H,3,11-12H2,1-2H3/t13-,15+,16+,17+,20+/m1/s1. The van der Waals surface area contributed by atoms with E-state index >= 15 is 0 Å². The van der Waals surface area contributed by atoms with Crippen molar-refractivity contribution >= 4 is 11.9 Å². The van der Waals surface area contributed by atoms with Gasteiger partial charge in [-0.3, -0.25) is 9.59 Å². The minimum absolute atomic E-state index is 0.0124. The molecular formula is C20H23NO4. The maximum atomic E-state index is 13.2. The van der Waals surface area contributed by atoms with Gasteiger partial charge in [0, 0.05) is 0 Å². The van der Waals surface area contributed by atoms with Crippen molar-refractivity contribution in [1.82, 2.24) is 4.90 Å². The normalized spacial score (nSPS) is 33.6. The molecule has 3 heterocycles. The third-order valence-corrected chi connectivity index (χ3v) is 5.60. The van der Waals surface area contributed by atoms with Gasteiger partial charge in [0.15, 0.2) is 0 Å². The highest BCUT2D eigenvalue weighted by Gasteiger charge is 2.67. The van der Waals surface area contributed by atoms with Gasteiger partial charge in [0.05, 0.1) is 31.2 Å². The number of carbonyl (C=O) groups is 2. The first-order valence-corrected chi connectivity index (χ1v) is 8.96. The molecule has 0 radical (unpaired) electrons. The fourth-order valence-electron chi connectivity index (χ4n) is 4.34. The second kappa shape index (κ2) is 5.99. The second-order valence-corrected chi connectivity index (χ2v) is 7.12. The number of rotatable bonds is 5. The van der Waals surface area contributed by atoms with Crippen molar-refractivity contribution in [2.24, 2.45) is 11.8 Å². The number of ether oxygens (including phenoxy) is 2. The Hall–Kier alpha value is -2.14. The van der Waals surface area contributed by atoms with Crippen molar-refractivity contribution in [2.45, 2.75) is 38.0 Å². The summed E-state index contributed by atoms with van der Waals surface area (Å²) in [6.45, 7) is 4.84. The highest BCUT2D eigenvalue weighted by Crippen LogP contribution is 2.53. The van der Waals surface area contributed by atoms with E-state index in [0.717, 1.165) is 12.0 Å². The topological polar surface area (TPSA) is 55.8 Å². The summed E-state index contributed by atoms with van der Waals surface area (Å²) in [6.07, 6.45) is 4.31. The minimum atomic E-state index is -0.680. The molecule has 132 valence electrons. The molecule has 0 N–H and O–H groups in total. The summed E-state index contributed by atoms with van der Waals surface area (Å²) < 4.78 is 11.4. The molecular weight excluding hydrogens is 318 g/mol. The first kappa shape index (κ1) is 16.3. The first-order chi connectivity index (χ1) is 12.1. The molecule has 5 nitrogen and oxygen atoms in total. The Labute approximate surface area is 147 Å². The molecule has 3 aliphatic rings. The number of esters is 1. The average molecular weight is 341 g/mol. The number of nitrogens with zero attached hydrogens (tertiary/aromatic N) is 1. The quantitative estimate of drug-likeness (QED) is 0.610. The van der Waals surface area contributed by atoms with Crippen LogP contribution >= 0.6 is 0 Å². The zero-order valence-corrected chi connectivity index (χ0v) is 14.6. The Morgan fingerprint density at radius 1 is 1.40 bits per heavy atom. The smallest absolute Gasteiger partial charge is 0.312 e. The molecule has 4 rings (SSSR count). The summed E-state index contributed by atoms with van der Waals surface area (Å²) in [5.41, 5.74) is 0.400. The van der Waals surface area contributed by atoms with Gasteiger partial charge in [-0.25, -0.2) is 0 Å². The number of likely N-dealkylation sites (tertiary alicyclic amines) is 1. The molecule has 25 heavy (non-hydrogen) atoms. The van der Waals surface area contributed by atoms with Gasteiger partial charge in [-0.1, -0.05) is 49.4 Å². The van der Waals surface area contributed by atoms with Crippen molar-refractivity contribution in [3.63, 3.8) is 0 Å². The summed E-state index contributed by atoms with van der Waals surface area (Å²) in [4.78, 5) is 27.5. The minimum Gasteiger partial charge on any atom is -0.465 e. The maximum absolute atomic E-state index is 13.2. The molecule has 5 heteroatoms. The summed E-state index contributed by atoms with van der Waals surface area (Å²) in [7, 11) is 0. The third-order valence-electron chi connectivity index (χ3n) is 5.60. The summed E-state index contributed by atoms with van der Waals surface area (Å²) in [5.74, 6) is -1.33. The van der Waals surface area contributed by atoms with Gasteiger partial charge < -0.3 is 14.4 Å². The number of benzene rings is 1. The van der Waals surface area contributed by atoms with Gasteiger partial charge in [-0.2, -0.15) is 0 Å². The second-order valence-electron chi connectivity index (χ2n) is 7.12. The van der Waals surface area contributed by atoms with Gasteiger partial charge in [0.1, 0.15) is 11.5 Å². The molecule has 1 spiro atoms. The molecule has 1 aromatic rings. The first-order valence-electron chi connectivity index (χ1n) is 8.96. The molecule has 2 saturated heterocycles. The molecule has 0 saturated carbocycles. The lowest BCUT2D eigenvalue weighted by Crippen LogP contribution is -2.40. The monoisotopic (exact) mass is 341 g/mol. The van der Waals surface area contributed by atoms with Gasteiger partial charge >= 0.3 is 5.97 Å². The van der Waals surface area contributed by atoms with Crippen LogP contribution < -0.4 is 0 Å². The predicted octanol–water partition coefficient (Wildman–Crippen LogP) is 2.48. The Balaban J connectivity index is 1.60. The van der Waals surface area contributed by atoms with E-state index < -0.39 is 17.4 Å². The van der Waals surface area contributed by atoms with Gasteiger partial charge in [-0.05, 0) is 18.9 Å². The van der Waals surface area contributed by atoms with E-state index in [9.17, 15) is 9.59 Å². The van der Waals surface area contributed by atoms with E-state index in [-0.39, 0.29) is 24.0 Å². The number of amides is 1. The lowest BCUT2D eigenvalue weighted by Gasteiger charge is -2.27. The molecule has 2 bridgehead atoms. The van der Waals surface area contributed by atoms with E-state index in [1.165, 1.54) is 0 Å². The van der Waals surface area contributed by atoms with Gasteiger partial charge in [-0.15, -0.1) is 0 Å². The summed E-state index contributed by atoms with van der Waals surface area (Å²) in [6, 6.07) is 9.88. The maximum Gasteiger partial charge on any atom is 0.312 e. The van der Waals surface area contributed by atoms with Crippen LogP contribution in [0, 0.1) is 11.8 Å². The Morgan fingerprint density at radius 2 is 2.16 bits per heavy atom. The number of carbonyl (C=O) groups excluding carboxylic acids is 2. The average Bonchev–Trinajstić information content (AvgIpc) is 3.28. The zero-order valence-electron chi connectivity index (χ0n) is 14.6. The van der Waals surface area contributed by atoms with E-state index in [4.69, 9.17) is 9.47 Å². The molecule has 1 amide bonds. The van der Waals surface area contributed by atoms with Crippen LogP contribution in [0.25, 0.3) is 0 Å².